The molecule has 0 radical (unpaired) electrons. The fourth-order valence-electron chi connectivity index (χ4n) is 2.19. The minimum absolute atomic E-state index is 0.0466. The lowest BCUT2D eigenvalue weighted by Gasteiger charge is -2.28. The van der Waals surface area contributed by atoms with Crippen LogP contribution >= 0.6 is 0 Å². The van der Waals surface area contributed by atoms with Crippen molar-refractivity contribution in [3.05, 3.63) is 60.7 Å². The van der Waals surface area contributed by atoms with E-state index >= 15 is 0 Å². The van der Waals surface area contributed by atoms with E-state index in [2.05, 4.69) is 68.2 Å². The summed E-state index contributed by atoms with van der Waals surface area (Å²) in [6, 6.07) is 15.0. The number of fused-ring (bicyclic) bond motifs is 1. The fourth-order valence-corrected chi connectivity index (χ4v) is 2.19. The highest BCUT2D eigenvalue weighted by Crippen LogP contribution is 2.28. The molecule has 17 heavy (non-hydrogen) atoms. The Bertz CT molecular complexity index is 521. The summed E-state index contributed by atoms with van der Waals surface area (Å²) in [5, 5.41) is 6.11. The largest absolute Gasteiger partial charge is 0.304 e. The van der Waals surface area contributed by atoms with Crippen molar-refractivity contribution in [2.45, 2.75) is 19.4 Å². The maximum absolute atomic E-state index is 3.76. The zero-order valence-corrected chi connectivity index (χ0v) is 10.5. The van der Waals surface area contributed by atoms with Crippen LogP contribution in [0, 0.1) is 0 Å². The van der Waals surface area contributed by atoms with Crippen LogP contribution in [0.2, 0.25) is 0 Å². The molecule has 0 saturated heterocycles. The van der Waals surface area contributed by atoms with Gasteiger partial charge in [-0.15, -0.1) is 6.58 Å². The van der Waals surface area contributed by atoms with Gasteiger partial charge in [-0.2, -0.15) is 0 Å². The first-order valence-corrected chi connectivity index (χ1v) is 5.99. The summed E-state index contributed by atoms with van der Waals surface area (Å²) in [7, 11) is 0. The molecule has 1 heteroatoms. The first kappa shape index (κ1) is 11.9. The lowest BCUT2D eigenvalue weighted by atomic mass is 9.89. The average molecular weight is 225 g/mol. The molecular weight excluding hydrogens is 206 g/mol. The van der Waals surface area contributed by atoms with Gasteiger partial charge in [0.25, 0.3) is 0 Å². The standard InChI is InChI=1S/C16H19N/c1-4-12-17-16(2,3)15-11-7-9-13-8-5-6-10-14(13)15/h4-11,17H,1,12H2,2-3H3. The Morgan fingerprint density at radius 2 is 1.82 bits per heavy atom. The zero-order chi connectivity index (χ0) is 12.3. The van der Waals surface area contributed by atoms with Gasteiger partial charge in [-0.05, 0) is 30.2 Å². The lowest BCUT2D eigenvalue weighted by molar-refractivity contribution is 0.429. The Morgan fingerprint density at radius 3 is 2.59 bits per heavy atom. The van der Waals surface area contributed by atoms with E-state index in [0.717, 1.165) is 6.54 Å². The van der Waals surface area contributed by atoms with Gasteiger partial charge in [0.05, 0.1) is 0 Å². The van der Waals surface area contributed by atoms with Crippen molar-refractivity contribution in [2.24, 2.45) is 0 Å². The molecule has 0 amide bonds. The second-order valence-electron chi connectivity index (χ2n) is 4.82. The quantitative estimate of drug-likeness (QED) is 0.779. The SMILES string of the molecule is C=CCNC(C)(C)c1cccc2ccccc12. The number of rotatable bonds is 4. The predicted molar refractivity (Wildman–Crippen MR) is 75.2 cm³/mol. The molecule has 1 N–H and O–H groups in total. The number of hydrogen-bond donors (Lipinski definition) is 1. The fraction of sp³-hybridized carbons (Fsp3) is 0.250. The van der Waals surface area contributed by atoms with Crippen LogP contribution in [0.5, 0.6) is 0 Å². The normalized spacial score (nSPS) is 11.6. The summed E-state index contributed by atoms with van der Waals surface area (Å²) in [4.78, 5) is 0. The third-order valence-electron chi connectivity index (χ3n) is 3.15. The van der Waals surface area contributed by atoms with Crippen LogP contribution in [0.3, 0.4) is 0 Å². The number of hydrogen-bond acceptors (Lipinski definition) is 1. The number of nitrogens with one attached hydrogen (secondary N) is 1. The zero-order valence-electron chi connectivity index (χ0n) is 10.5. The minimum Gasteiger partial charge on any atom is -0.304 e. The Kier molecular flexibility index (Phi) is 3.30. The van der Waals surface area contributed by atoms with Gasteiger partial charge >= 0.3 is 0 Å². The van der Waals surface area contributed by atoms with Crippen molar-refractivity contribution in [2.75, 3.05) is 6.54 Å². The Morgan fingerprint density at radius 1 is 1.12 bits per heavy atom. The molecule has 0 saturated carbocycles. The monoisotopic (exact) mass is 225 g/mol. The van der Waals surface area contributed by atoms with Crippen molar-refractivity contribution in [1.29, 1.82) is 0 Å². The summed E-state index contributed by atoms with van der Waals surface area (Å²) < 4.78 is 0. The van der Waals surface area contributed by atoms with Crippen molar-refractivity contribution in [3.8, 4) is 0 Å². The van der Waals surface area contributed by atoms with Gasteiger partial charge in [0.1, 0.15) is 0 Å². The summed E-state index contributed by atoms with van der Waals surface area (Å²) in [6.45, 7) is 8.99. The van der Waals surface area contributed by atoms with Crippen molar-refractivity contribution in [1.82, 2.24) is 5.32 Å². The minimum atomic E-state index is -0.0466. The van der Waals surface area contributed by atoms with E-state index in [0.29, 0.717) is 0 Å². The summed E-state index contributed by atoms with van der Waals surface area (Å²) in [6.07, 6.45) is 1.90. The number of benzene rings is 2. The van der Waals surface area contributed by atoms with Crippen LogP contribution in [0.4, 0.5) is 0 Å². The van der Waals surface area contributed by atoms with Gasteiger partial charge in [-0.1, -0.05) is 48.5 Å². The third-order valence-corrected chi connectivity index (χ3v) is 3.15. The molecule has 0 fully saturated rings. The maximum atomic E-state index is 3.76. The van der Waals surface area contributed by atoms with Crippen LogP contribution in [0.15, 0.2) is 55.1 Å². The molecule has 0 aliphatic rings. The highest BCUT2D eigenvalue weighted by molar-refractivity contribution is 5.86. The van der Waals surface area contributed by atoms with Gasteiger partial charge in [0.15, 0.2) is 0 Å². The molecule has 0 heterocycles. The summed E-state index contributed by atoms with van der Waals surface area (Å²) >= 11 is 0. The molecule has 0 unspecified atom stereocenters. The Labute approximate surface area is 103 Å². The van der Waals surface area contributed by atoms with Crippen LogP contribution in [0.25, 0.3) is 10.8 Å². The van der Waals surface area contributed by atoms with E-state index in [-0.39, 0.29) is 5.54 Å². The van der Waals surface area contributed by atoms with Crippen molar-refractivity contribution in [3.63, 3.8) is 0 Å². The summed E-state index contributed by atoms with van der Waals surface area (Å²) in [5.74, 6) is 0. The molecule has 1 nitrogen and oxygen atoms in total. The predicted octanol–water partition coefficient (Wildman–Crippen LogP) is 3.85. The van der Waals surface area contributed by atoms with Crippen LogP contribution < -0.4 is 5.32 Å². The van der Waals surface area contributed by atoms with E-state index in [1.54, 1.807) is 0 Å². The van der Waals surface area contributed by atoms with E-state index < -0.39 is 0 Å². The van der Waals surface area contributed by atoms with E-state index in [9.17, 15) is 0 Å². The van der Waals surface area contributed by atoms with Crippen molar-refractivity contribution < 1.29 is 0 Å². The Balaban J connectivity index is 2.50. The van der Waals surface area contributed by atoms with Crippen LogP contribution in [0.1, 0.15) is 19.4 Å². The molecule has 0 bridgehead atoms. The lowest BCUT2D eigenvalue weighted by Crippen LogP contribution is -2.36. The first-order chi connectivity index (χ1) is 8.15. The second kappa shape index (κ2) is 4.72. The molecule has 2 aromatic carbocycles. The van der Waals surface area contributed by atoms with Gasteiger partial charge in [0, 0.05) is 12.1 Å². The summed E-state index contributed by atoms with van der Waals surface area (Å²) in [5.41, 5.74) is 1.28. The molecule has 0 aromatic heterocycles. The van der Waals surface area contributed by atoms with Crippen LogP contribution in [-0.2, 0) is 5.54 Å². The van der Waals surface area contributed by atoms with Gasteiger partial charge in [-0.25, -0.2) is 0 Å². The molecule has 88 valence electrons. The highest BCUT2D eigenvalue weighted by atomic mass is 14.9. The van der Waals surface area contributed by atoms with Gasteiger partial charge in [-0.3, -0.25) is 0 Å². The molecule has 0 aliphatic heterocycles. The molecule has 0 spiro atoms. The highest BCUT2D eigenvalue weighted by Gasteiger charge is 2.20. The van der Waals surface area contributed by atoms with E-state index in [1.807, 2.05) is 6.08 Å². The third kappa shape index (κ3) is 2.40. The topological polar surface area (TPSA) is 12.0 Å². The van der Waals surface area contributed by atoms with Gasteiger partial charge < -0.3 is 5.32 Å². The second-order valence-corrected chi connectivity index (χ2v) is 4.82. The average Bonchev–Trinajstić information content (AvgIpc) is 2.36. The Hall–Kier alpha value is -1.60. The molecule has 0 aliphatic carbocycles. The maximum Gasteiger partial charge on any atom is 0.0386 e. The van der Waals surface area contributed by atoms with Crippen LogP contribution in [-0.4, -0.2) is 6.54 Å². The van der Waals surface area contributed by atoms with Gasteiger partial charge in [0.2, 0.25) is 0 Å². The van der Waals surface area contributed by atoms with E-state index in [1.165, 1.54) is 16.3 Å². The molecular formula is C16H19N. The first-order valence-electron chi connectivity index (χ1n) is 5.99. The molecule has 2 rings (SSSR count). The van der Waals surface area contributed by atoms with Crippen molar-refractivity contribution >= 4 is 10.8 Å². The smallest absolute Gasteiger partial charge is 0.0386 e. The molecule has 2 aromatic rings. The molecule has 0 atom stereocenters. The van der Waals surface area contributed by atoms with E-state index in [4.69, 9.17) is 0 Å².